The minimum atomic E-state index is -0.212. The molecule has 1 fully saturated rings. The third-order valence-corrected chi connectivity index (χ3v) is 3.46. The lowest BCUT2D eigenvalue weighted by atomic mass is 9.92. The zero-order valence-corrected chi connectivity index (χ0v) is 12.1. The Kier molecular flexibility index (Phi) is 4.89. The molecule has 0 radical (unpaired) electrons. The normalized spacial score (nSPS) is 17.5. The van der Waals surface area contributed by atoms with E-state index < -0.39 is 0 Å². The monoisotopic (exact) mass is 278 g/mol. The van der Waals surface area contributed by atoms with Crippen molar-refractivity contribution in [2.75, 3.05) is 25.1 Å². The lowest BCUT2D eigenvalue weighted by molar-refractivity contribution is 0.0421. The van der Waals surface area contributed by atoms with Crippen molar-refractivity contribution in [1.29, 1.82) is 0 Å². The van der Waals surface area contributed by atoms with Crippen molar-refractivity contribution in [3.8, 4) is 0 Å². The number of hydrogen-bond donors (Lipinski definition) is 2. The molecule has 6 heteroatoms. The summed E-state index contributed by atoms with van der Waals surface area (Å²) in [6.45, 7) is 6.33. The summed E-state index contributed by atoms with van der Waals surface area (Å²) in [6, 6.07) is 3.48. The van der Waals surface area contributed by atoms with E-state index in [4.69, 9.17) is 4.74 Å². The van der Waals surface area contributed by atoms with Crippen LogP contribution in [0.1, 0.15) is 43.6 Å². The molecule has 0 unspecified atom stereocenters. The van der Waals surface area contributed by atoms with Gasteiger partial charge in [-0.1, -0.05) is 6.92 Å². The highest BCUT2D eigenvalue weighted by atomic mass is 16.5. The van der Waals surface area contributed by atoms with Crippen molar-refractivity contribution in [2.45, 2.75) is 38.6 Å². The Morgan fingerprint density at radius 3 is 2.70 bits per heavy atom. The number of anilines is 1. The molecule has 2 rings (SSSR count). The number of amides is 1. The minimum Gasteiger partial charge on any atom is -0.381 e. The van der Waals surface area contributed by atoms with E-state index in [1.54, 1.807) is 12.1 Å². The maximum Gasteiger partial charge on any atom is 0.272 e. The fourth-order valence-electron chi connectivity index (χ4n) is 2.09. The first kappa shape index (κ1) is 14.7. The summed E-state index contributed by atoms with van der Waals surface area (Å²) in [5.74, 6) is 0.518. The second-order valence-corrected chi connectivity index (χ2v) is 5.36. The van der Waals surface area contributed by atoms with Crippen molar-refractivity contribution in [1.82, 2.24) is 15.5 Å². The molecule has 20 heavy (non-hydrogen) atoms. The first-order chi connectivity index (χ1) is 9.63. The van der Waals surface area contributed by atoms with Crippen molar-refractivity contribution < 1.29 is 9.53 Å². The van der Waals surface area contributed by atoms with Gasteiger partial charge >= 0.3 is 0 Å². The van der Waals surface area contributed by atoms with Crippen LogP contribution in [0.5, 0.6) is 0 Å². The fourth-order valence-corrected chi connectivity index (χ4v) is 2.09. The van der Waals surface area contributed by atoms with Crippen LogP contribution in [0.4, 0.5) is 5.82 Å². The Morgan fingerprint density at radius 2 is 2.10 bits per heavy atom. The number of nitrogens with one attached hydrogen (secondary N) is 2. The summed E-state index contributed by atoms with van der Waals surface area (Å²) in [6.07, 6.45) is 2.66. The molecule has 0 aromatic carbocycles. The molecule has 6 nitrogen and oxygen atoms in total. The van der Waals surface area contributed by atoms with Crippen LogP contribution < -0.4 is 10.6 Å². The van der Waals surface area contributed by atoms with Gasteiger partial charge in [-0.3, -0.25) is 4.79 Å². The lowest BCUT2D eigenvalue weighted by Crippen LogP contribution is -2.49. The third-order valence-electron chi connectivity index (χ3n) is 3.46. The smallest absolute Gasteiger partial charge is 0.272 e. The molecule has 0 spiro atoms. The molecule has 2 N–H and O–H groups in total. The zero-order chi connectivity index (χ0) is 14.4. The largest absolute Gasteiger partial charge is 0.381 e. The molecule has 0 saturated carbocycles. The number of hydrogen-bond acceptors (Lipinski definition) is 5. The van der Waals surface area contributed by atoms with E-state index in [1.165, 1.54) is 0 Å². The van der Waals surface area contributed by atoms with Crippen LogP contribution in [0.15, 0.2) is 12.1 Å². The number of ether oxygens (including phenoxy) is 1. The van der Waals surface area contributed by atoms with Gasteiger partial charge in [-0.2, -0.15) is 0 Å². The Hall–Kier alpha value is -1.69. The van der Waals surface area contributed by atoms with Gasteiger partial charge in [0.25, 0.3) is 5.91 Å². The van der Waals surface area contributed by atoms with Gasteiger partial charge in [-0.05, 0) is 38.3 Å². The second-order valence-electron chi connectivity index (χ2n) is 5.36. The van der Waals surface area contributed by atoms with Gasteiger partial charge in [0.05, 0.1) is 0 Å². The van der Waals surface area contributed by atoms with Crippen molar-refractivity contribution in [3.05, 3.63) is 17.8 Å². The number of carbonyl (C=O) groups is 1. The molecule has 0 bridgehead atoms. The van der Waals surface area contributed by atoms with Crippen LogP contribution in [-0.4, -0.2) is 41.4 Å². The minimum absolute atomic E-state index is 0.177. The first-order valence-corrected chi connectivity index (χ1v) is 7.11. The fraction of sp³-hybridized carbons (Fsp3) is 0.643. The summed E-state index contributed by atoms with van der Waals surface area (Å²) in [5, 5.41) is 14.1. The van der Waals surface area contributed by atoms with Crippen molar-refractivity contribution in [3.63, 3.8) is 0 Å². The number of aromatic nitrogens is 2. The van der Waals surface area contributed by atoms with E-state index in [-0.39, 0.29) is 11.4 Å². The lowest BCUT2D eigenvalue weighted by Gasteiger charge is -2.34. The summed E-state index contributed by atoms with van der Waals surface area (Å²) >= 11 is 0. The van der Waals surface area contributed by atoms with E-state index in [0.717, 1.165) is 25.8 Å². The quantitative estimate of drug-likeness (QED) is 0.855. The van der Waals surface area contributed by atoms with Gasteiger partial charge in [-0.15, -0.1) is 10.2 Å². The molecule has 1 aromatic rings. The highest BCUT2D eigenvalue weighted by molar-refractivity contribution is 5.92. The van der Waals surface area contributed by atoms with E-state index in [2.05, 4.69) is 27.8 Å². The first-order valence-electron chi connectivity index (χ1n) is 7.11. The number of carbonyl (C=O) groups excluding carboxylic acids is 1. The van der Waals surface area contributed by atoms with E-state index in [1.807, 2.05) is 6.92 Å². The maximum absolute atomic E-state index is 12.2. The third kappa shape index (κ3) is 3.90. The molecular weight excluding hydrogens is 256 g/mol. The van der Waals surface area contributed by atoms with Gasteiger partial charge in [-0.25, -0.2) is 0 Å². The second kappa shape index (κ2) is 6.65. The van der Waals surface area contributed by atoms with Crippen LogP contribution in [0, 0.1) is 0 Å². The zero-order valence-electron chi connectivity index (χ0n) is 12.1. The Morgan fingerprint density at radius 1 is 1.35 bits per heavy atom. The molecular formula is C14H22N4O2. The molecule has 0 aliphatic carbocycles. The molecule has 1 aliphatic heterocycles. The molecule has 2 heterocycles. The van der Waals surface area contributed by atoms with Crippen LogP contribution in [0.25, 0.3) is 0 Å². The van der Waals surface area contributed by atoms with Crippen molar-refractivity contribution >= 4 is 11.7 Å². The molecule has 1 aromatic heterocycles. The predicted octanol–water partition coefficient (Wildman–Crippen LogP) is 1.60. The number of nitrogens with zero attached hydrogens (tertiary/aromatic N) is 2. The van der Waals surface area contributed by atoms with E-state index >= 15 is 0 Å². The van der Waals surface area contributed by atoms with Crippen LogP contribution >= 0.6 is 0 Å². The van der Waals surface area contributed by atoms with Gasteiger partial charge in [0.15, 0.2) is 5.69 Å². The topological polar surface area (TPSA) is 76.1 Å². The summed E-state index contributed by atoms with van der Waals surface area (Å²) in [5.41, 5.74) is 0.135. The van der Waals surface area contributed by atoms with Crippen LogP contribution in [0.3, 0.4) is 0 Å². The molecule has 1 amide bonds. The van der Waals surface area contributed by atoms with Gasteiger partial charge < -0.3 is 15.4 Å². The standard InChI is InChI=1S/C14H22N4O2/c1-3-8-15-12-5-4-11(17-18-12)13(19)16-14(2)6-9-20-10-7-14/h4-5H,3,6-10H2,1-2H3,(H,15,18)(H,16,19). The van der Waals surface area contributed by atoms with Gasteiger partial charge in [0, 0.05) is 25.3 Å². The summed E-state index contributed by atoms with van der Waals surface area (Å²) < 4.78 is 5.32. The predicted molar refractivity (Wildman–Crippen MR) is 76.7 cm³/mol. The Bertz CT molecular complexity index is 441. The van der Waals surface area contributed by atoms with Crippen molar-refractivity contribution in [2.24, 2.45) is 0 Å². The molecule has 1 saturated heterocycles. The van der Waals surface area contributed by atoms with E-state index in [0.29, 0.717) is 24.7 Å². The molecule has 110 valence electrons. The summed E-state index contributed by atoms with van der Waals surface area (Å²) in [4.78, 5) is 12.2. The molecule has 1 aliphatic rings. The Balaban J connectivity index is 1.94. The SMILES string of the molecule is CCCNc1ccc(C(=O)NC2(C)CCOCC2)nn1. The van der Waals surface area contributed by atoms with Crippen LogP contribution in [-0.2, 0) is 4.74 Å². The maximum atomic E-state index is 12.2. The van der Waals surface area contributed by atoms with Gasteiger partial charge in [0.2, 0.25) is 0 Å². The molecule has 0 atom stereocenters. The van der Waals surface area contributed by atoms with E-state index in [9.17, 15) is 4.79 Å². The number of rotatable bonds is 5. The average molecular weight is 278 g/mol. The Labute approximate surface area is 119 Å². The van der Waals surface area contributed by atoms with Crippen LogP contribution in [0.2, 0.25) is 0 Å². The summed E-state index contributed by atoms with van der Waals surface area (Å²) in [7, 11) is 0. The van der Waals surface area contributed by atoms with Gasteiger partial charge in [0.1, 0.15) is 5.82 Å². The highest BCUT2D eigenvalue weighted by Gasteiger charge is 2.29. The average Bonchev–Trinajstić information content (AvgIpc) is 2.46. The highest BCUT2D eigenvalue weighted by Crippen LogP contribution is 2.20.